The summed E-state index contributed by atoms with van der Waals surface area (Å²) in [5.74, 6) is 0.0833. The average molecular weight is 194 g/mol. The Bertz CT molecular complexity index is 162. The van der Waals surface area contributed by atoms with Gasteiger partial charge in [-0.3, -0.25) is 4.79 Å². The zero-order valence-electron chi connectivity index (χ0n) is 7.42. The van der Waals surface area contributed by atoms with Crippen molar-refractivity contribution in [1.82, 2.24) is 0 Å². The molecule has 0 aromatic rings. The third-order valence-electron chi connectivity index (χ3n) is 0.862. The van der Waals surface area contributed by atoms with Crippen molar-refractivity contribution in [3.05, 3.63) is 23.3 Å². The zero-order chi connectivity index (χ0) is 8.15. The van der Waals surface area contributed by atoms with Gasteiger partial charge in [0.25, 0.3) is 0 Å². The largest absolute Gasteiger partial charge is 0.290 e. The first-order valence-electron chi connectivity index (χ1n) is 3.36. The molecule has 0 rings (SSSR count). The van der Waals surface area contributed by atoms with Crippen molar-refractivity contribution in [2.75, 3.05) is 0 Å². The second kappa shape index (κ2) is 6.38. The van der Waals surface area contributed by atoms with Gasteiger partial charge in [0.15, 0.2) is 5.78 Å². The number of allylic oxidation sites excluding steroid dienone is 4. The summed E-state index contributed by atoms with van der Waals surface area (Å²) in [6.45, 7) is 7.65. The van der Waals surface area contributed by atoms with Gasteiger partial charge in [-0.15, -0.1) is 0 Å². The predicted octanol–water partition coefficient (Wildman–Crippen LogP) is 2.49. The molecule has 0 aliphatic heterocycles. The first-order valence-corrected chi connectivity index (χ1v) is 3.36. The van der Waals surface area contributed by atoms with Gasteiger partial charge < -0.3 is 0 Å². The molecule has 64 valence electrons. The van der Waals surface area contributed by atoms with Crippen molar-refractivity contribution in [3.8, 4) is 0 Å². The molecule has 11 heavy (non-hydrogen) atoms. The Morgan fingerprint density at radius 2 is 1.18 bits per heavy atom. The van der Waals surface area contributed by atoms with Gasteiger partial charge in [-0.1, -0.05) is 11.1 Å². The van der Waals surface area contributed by atoms with E-state index in [1.165, 1.54) is 0 Å². The van der Waals surface area contributed by atoms with Crippen LogP contribution in [0.3, 0.4) is 0 Å². The van der Waals surface area contributed by atoms with E-state index in [0.29, 0.717) is 0 Å². The minimum Gasteiger partial charge on any atom is -0.290 e. The van der Waals surface area contributed by atoms with E-state index < -0.39 is 0 Å². The minimum atomic E-state index is 0. The Kier molecular flexibility index (Phi) is 7.70. The maximum atomic E-state index is 10.9. The number of hydrogen-bond donors (Lipinski definition) is 0. The Labute approximate surface area is 79.0 Å². The van der Waals surface area contributed by atoms with Crippen LogP contribution in [-0.4, -0.2) is 5.78 Å². The van der Waals surface area contributed by atoms with Crippen molar-refractivity contribution in [1.29, 1.82) is 0 Å². The van der Waals surface area contributed by atoms with Crippen LogP contribution in [0, 0.1) is 0 Å². The van der Waals surface area contributed by atoms with Gasteiger partial charge in [-0.25, -0.2) is 0 Å². The van der Waals surface area contributed by atoms with Crippen molar-refractivity contribution in [2.45, 2.75) is 27.7 Å². The van der Waals surface area contributed by atoms with Crippen molar-refractivity contribution >= 4 is 5.78 Å². The molecule has 0 aromatic carbocycles. The molecule has 0 amide bonds. The third kappa shape index (κ3) is 9.67. The van der Waals surface area contributed by atoms with E-state index in [1.807, 2.05) is 27.7 Å². The van der Waals surface area contributed by atoms with E-state index in [0.717, 1.165) is 11.1 Å². The summed E-state index contributed by atoms with van der Waals surface area (Å²) >= 11 is 0. The van der Waals surface area contributed by atoms with Gasteiger partial charge >= 0.3 is 0 Å². The first kappa shape index (κ1) is 13.3. The van der Waals surface area contributed by atoms with Gasteiger partial charge in [-0.2, -0.15) is 0 Å². The molecule has 0 saturated carbocycles. The molecule has 0 aliphatic rings. The third-order valence-corrected chi connectivity index (χ3v) is 0.862. The molecule has 0 radical (unpaired) electrons. The van der Waals surface area contributed by atoms with Crippen LogP contribution in [0.15, 0.2) is 23.3 Å². The van der Waals surface area contributed by atoms with Crippen LogP contribution in [-0.2, 0) is 21.9 Å². The van der Waals surface area contributed by atoms with Gasteiger partial charge in [0, 0.05) is 17.1 Å². The number of carbonyl (C=O) groups is 1. The smallest absolute Gasteiger partial charge is 0.178 e. The van der Waals surface area contributed by atoms with E-state index in [1.54, 1.807) is 12.2 Å². The fourth-order valence-corrected chi connectivity index (χ4v) is 0.611. The summed E-state index contributed by atoms with van der Waals surface area (Å²) in [7, 11) is 0. The fourth-order valence-electron chi connectivity index (χ4n) is 0.611. The molecular weight excluding hydrogens is 180 g/mol. The summed E-state index contributed by atoms with van der Waals surface area (Å²) in [6, 6.07) is 0. The molecular formula is C9H14FeO. The summed E-state index contributed by atoms with van der Waals surface area (Å²) in [4.78, 5) is 10.9. The molecule has 0 heterocycles. The minimum absolute atomic E-state index is 0. The zero-order valence-corrected chi connectivity index (χ0v) is 8.52. The van der Waals surface area contributed by atoms with Crippen molar-refractivity contribution < 1.29 is 21.9 Å². The molecule has 0 aliphatic carbocycles. The van der Waals surface area contributed by atoms with Crippen LogP contribution < -0.4 is 0 Å². The summed E-state index contributed by atoms with van der Waals surface area (Å²) in [5, 5.41) is 0. The molecule has 0 bridgehead atoms. The van der Waals surface area contributed by atoms with Gasteiger partial charge in [-0.05, 0) is 39.8 Å². The van der Waals surface area contributed by atoms with Crippen LogP contribution in [0.25, 0.3) is 0 Å². The number of ketones is 1. The van der Waals surface area contributed by atoms with E-state index in [9.17, 15) is 4.79 Å². The molecule has 2 heteroatoms. The monoisotopic (exact) mass is 194 g/mol. The Morgan fingerprint density at radius 3 is 1.36 bits per heavy atom. The summed E-state index contributed by atoms with van der Waals surface area (Å²) in [5.41, 5.74) is 2.09. The van der Waals surface area contributed by atoms with Crippen LogP contribution in [0.1, 0.15) is 27.7 Å². The molecule has 0 fully saturated rings. The van der Waals surface area contributed by atoms with Gasteiger partial charge in [0.05, 0.1) is 0 Å². The van der Waals surface area contributed by atoms with Crippen LogP contribution in [0.2, 0.25) is 0 Å². The maximum Gasteiger partial charge on any atom is 0.178 e. The molecule has 0 N–H and O–H groups in total. The summed E-state index contributed by atoms with van der Waals surface area (Å²) < 4.78 is 0. The van der Waals surface area contributed by atoms with Crippen LogP contribution in [0.5, 0.6) is 0 Å². The van der Waals surface area contributed by atoms with Gasteiger partial charge in [0.1, 0.15) is 0 Å². The second-order valence-corrected chi connectivity index (χ2v) is 2.85. The fraction of sp³-hybridized carbons (Fsp3) is 0.444. The van der Waals surface area contributed by atoms with E-state index >= 15 is 0 Å². The van der Waals surface area contributed by atoms with Gasteiger partial charge in [0.2, 0.25) is 0 Å². The number of carbonyl (C=O) groups excluding carboxylic acids is 1. The number of hydrogen-bond acceptors (Lipinski definition) is 1. The van der Waals surface area contributed by atoms with E-state index in [4.69, 9.17) is 0 Å². The molecule has 0 unspecified atom stereocenters. The molecule has 0 atom stereocenters. The van der Waals surface area contributed by atoms with Crippen molar-refractivity contribution in [3.63, 3.8) is 0 Å². The maximum absolute atomic E-state index is 10.9. The normalized spacial score (nSPS) is 7.64. The summed E-state index contributed by atoms with van der Waals surface area (Å²) in [6.07, 6.45) is 3.26. The Balaban J connectivity index is 0. The predicted molar refractivity (Wildman–Crippen MR) is 43.9 cm³/mol. The van der Waals surface area contributed by atoms with Crippen LogP contribution in [0.4, 0.5) is 0 Å². The first-order chi connectivity index (χ1) is 4.52. The Morgan fingerprint density at radius 1 is 0.909 bits per heavy atom. The molecule has 0 aromatic heterocycles. The molecule has 0 saturated heterocycles. The quantitative estimate of drug-likeness (QED) is 0.487. The molecule has 0 spiro atoms. The molecule has 1 nitrogen and oxygen atoms in total. The SMILES string of the molecule is CC(C)=CC(=O)C=C(C)C.[Fe]. The Hall–Kier alpha value is -0.331. The van der Waals surface area contributed by atoms with Crippen molar-refractivity contribution in [2.24, 2.45) is 0 Å². The number of rotatable bonds is 2. The van der Waals surface area contributed by atoms with E-state index in [-0.39, 0.29) is 22.9 Å². The standard InChI is InChI=1S/C9H14O.Fe/c1-7(2)5-9(10)6-8(3)4;/h5-6H,1-4H3;. The van der Waals surface area contributed by atoms with Crippen LogP contribution >= 0.6 is 0 Å². The topological polar surface area (TPSA) is 17.1 Å². The average Bonchev–Trinajstić information content (AvgIpc) is 1.58. The van der Waals surface area contributed by atoms with E-state index in [2.05, 4.69) is 0 Å². The second-order valence-electron chi connectivity index (χ2n) is 2.85.